The topological polar surface area (TPSA) is 79.8 Å². The monoisotopic (exact) mass is 294 g/mol. The molecule has 6 heteroatoms. The normalized spacial score (nSPS) is 19.1. The van der Waals surface area contributed by atoms with Crippen LogP contribution >= 0.6 is 0 Å². The molecule has 2 unspecified atom stereocenters. The molecule has 0 bridgehead atoms. The van der Waals surface area contributed by atoms with Crippen LogP contribution in [-0.4, -0.2) is 44.9 Å². The van der Waals surface area contributed by atoms with Gasteiger partial charge < -0.3 is 25.2 Å². The summed E-state index contributed by atoms with van der Waals surface area (Å²) in [7, 11) is 3.10. The van der Waals surface area contributed by atoms with Crippen LogP contribution in [0.4, 0.5) is 0 Å². The summed E-state index contributed by atoms with van der Waals surface area (Å²) in [5.41, 5.74) is 0.599. The van der Waals surface area contributed by atoms with Crippen molar-refractivity contribution in [1.82, 2.24) is 10.6 Å². The van der Waals surface area contributed by atoms with E-state index in [2.05, 4.69) is 10.6 Å². The molecule has 2 rings (SSSR count). The van der Waals surface area contributed by atoms with Crippen LogP contribution < -0.4 is 20.1 Å². The number of nitrogens with one attached hydrogen (secondary N) is 2. The molecule has 0 saturated carbocycles. The molecule has 0 radical (unpaired) electrons. The Morgan fingerprint density at radius 2 is 2.29 bits per heavy atom. The van der Waals surface area contributed by atoms with E-state index >= 15 is 0 Å². The van der Waals surface area contributed by atoms with Gasteiger partial charge in [0.1, 0.15) is 11.5 Å². The summed E-state index contributed by atoms with van der Waals surface area (Å²) in [4.78, 5) is 11.9. The lowest BCUT2D eigenvalue weighted by Crippen LogP contribution is -2.34. The minimum absolute atomic E-state index is 0.00981. The molecule has 6 nitrogen and oxygen atoms in total. The van der Waals surface area contributed by atoms with Crippen LogP contribution in [0.15, 0.2) is 18.2 Å². The van der Waals surface area contributed by atoms with Crippen molar-refractivity contribution in [2.45, 2.75) is 12.5 Å². The van der Waals surface area contributed by atoms with Crippen molar-refractivity contribution in [3.8, 4) is 11.5 Å². The van der Waals surface area contributed by atoms with Crippen molar-refractivity contribution in [3.63, 3.8) is 0 Å². The lowest BCUT2D eigenvalue weighted by atomic mass is 10.1. The summed E-state index contributed by atoms with van der Waals surface area (Å²) in [6.07, 6.45) is -0.00177. The second-order valence-electron chi connectivity index (χ2n) is 5.06. The molecule has 0 aliphatic carbocycles. The Bertz CT molecular complexity index is 487. The Hall–Kier alpha value is -1.79. The zero-order valence-corrected chi connectivity index (χ0v) is 12.4. The highest BCUT2D eigenvalue weighted by molar-refractivity contribution is 5.79. The van der Waals surface area contributed by atoms with Gasteiger partial charge >= 0.3 is 0 Å². The number of carbonyl (C=O) groups excluding carboxylic acids is 1. The first-order valence-corrected chi connectivity index (χ1v) is 7.04. The summed E-state index contributed by atoms with van der Waals surface area (Å²) in [6, 6.07) is 5.21. The van der Waals surface area contributed by atoms with E-state index in [1.807, 2.05) is 0 Å². The average Bonchev–Trinajstić information content (AvgIpc) is 3.06. The van der Waals surface area contributed by atoms with Gasteiger partial charge in [-0.25, -0.2) is 0 Å². The molecule has 116 valence electrons. The molecule has 21 heavy (non-hydrogen) atoms. The number of amides is 1. The number of aliphatic hydroxyl groups excluding tert-OH is 1. The van der Waals surface area contributed by atoms with Crippen LogP contribution in [0, 0.1) is 5.92 Å². The molecule has 2 atom stereocenters. The average molecular weight is 294 g/mol. The number of hydrogen-bond acceptors (Lipinski definition) is 5. The zero-order chi connectivity index (χ0) is 15.2. The van der Waals surface area contributed by atoms with Crippen LogP contribution in [0.3, 0.4) is 0 Å². The van der Waals surface area contributed by atoms with Crippen LogP contribution in [-0.2, 0) is 4.79 Å². The third-order valence-corrected chi connectivity index (χ3v) is 3.70. The van der Waals surface area contributed by atoms with Gasteiger partial charge in [0.15, 0.2) is 0 Å². The van der Waals surface area contributed by atoms with Gasteiger partial charge in [-0.2, -0.15) is 0 Å². The van der Waals surface area contributed by atoms with Gasteiger partial charge in [-0.05, 0) is 31.2 Å². The van der Waals surface area contributed by atoms with Gasteiger partial charge in [-0.1, -0.05) is 0 Å². The number of carbonyl (C=O) groups is 1. The molecule has 1 aromatic carbocycles. The summed E-state index contributed by atoms with van der Waals surface area (Å²) < 4.78 is 10.4. The van der Waals surface area contributed by atoms with Crippen LogP contribution in [0.5, 0.6) is 11.5 Å². The van der Waals surface area contributed by atoms with Gasteiger partial charge in [0.05, 0.1) is 26.2 Å². The van der Waals surface area contributed by atoms with E-state index in [-0.39, 0.29) is 18.4 Å². The molecule has 1 heterocycles. The highest BCUT2D eigenvalue weighted by atomic mass is 16.5. The first-order valence-electron chi connectivity index (χ1n) is 7.04. The summed E-state index contributed by atoms with van der Waals surface area (Å²) >= 11 is 0. The number of rotatable bonds is 6. The van der Waals surface area contributed by atoms with E-state index in [1.165, 1.54) is 0 Å². The van der Waals surface area contributed by atoms with E-state index in [9.17, 15) is 9.90 Å². The molecule has 0 aromatic heterocycles. The number of benzene rings is 1. The first-order chi connectivity index (χ1) is 10.2. The van der Waals surface area contributed by atoms with E-state index in [4.69, 9.17) is 9.47 Å². The Morgan fingerprint density at radius 3 is 2.90 bits per heavy atom. The quantitative estimate of drug-likeness (QED) is 0.710. The fraction of sp³-hybridized carbons (Fsp3) is 0.533. The van der Waals surface area contributed by atoms with Gasteiger partial charge in [0.25, 0.3) is 0 Å². The zero-order valence-electron chi connectivity index (χ0n) is 12.4. The van der Waals surface area contributed by atoms with E-state index in [1.54, 1.807) is 32.4 Å². The molecule has 1 fully saturated rings. The third-order valence-electron chi connectivity index (χ3n) is 3.70. The Balaban J connectivity index is 1.98. The molecule has 3 N–H and O–H groups in total. The second-order valence-corrected chi connectivity index (χ2v) is 5.06. The number of aliphatic hydroxyl groups is 1. The third kappa shape index (κ3) is 3.86. The fourth-order valence-electron chi connectivity index (χ4n) is 2.43. The number of ether oxygens (including phenoxy) is 2. The summed E-state index contributed by atoms with van der Waals surface area (Å²) in [5, 5.41) is 16.2. The Morgan fingerprint density at radius 1 is 1.48 bits per heavy atom. The molecule has 1 amide bonds. The predicted molar refractivity (Wildman–Crippen MR) is 78.5 cm³/mol. The van der Waals surface area contributed by atoms with Crippen LogP contribution in [0.25, 0.3) is 0 Å². The number of methoxy groups -OCH3 is 2. The highest BCUT2D eigenvalue weighted by Gasteiger charge is 2.23. The van der Waals surface area contributed by atoms with Gasteiger partial charge in [0, 0.05) is 18.7 Å². The standard InChI is InChI=1S/C15H22N2O4/c1-20-11-3-4-14(21-2)12(7-11)13(18)9-17-15(19)10-5-6-16-8-10/h3-4,7,10,13,16,18H,5-6,8-9H2,1-2H3,(H,17,19). The van der Waals surface area contributed by atoms with E-state index < -0.39 is 6.10 Å². The predicted octanol–water partition coefficient (Wildman–Crippen LogP) is 0.463. The summed E-state index contributed by atoms with van der Waals surface area (Å²) in [5.74, 6) is 1.17. The van der Waals surface area contributed by atoms with Gasteiger partial charge in [-0.3, -0.25) is 4.79 Å². The summed E-state index contributed by atoms with van der Waals surface area (Å²) in [6.45, 7) is 1.72. The second kappa shape index (κ2) is 7.28. The van der Waals surface area contributed by atoms with Crippen molar-refractivity contribution in [3.05, 3.63) is 23.8 Å². The molecule has 1 aliphatic heterocycles. The Labute approximate surface area is 124 Å². The maximum Gasteiger partial charge on any atom is 0.224 e. The van der Waals surface area contributed by atoms with E-state index in [0.29, 0.717) is 23.6 Å². The number of hydrogen-bond donors (Lipinski definition) is 3. The van der Waals surface area contributed by atoms with Crippen molar-refractivity contribution in [2.75, 3.05) is 33.9 Å². The van der Waals surface area contributed by atoms with Crippen molar-refractivity contribution in [2.24, 2.45) is 5.92 Å². The first kappa shape index (κ1) is 15.6. The van der Waals surface area contributed by atoms with Crippen LogP contribution in [0.2, 0.25) is 0 Å². The molecular formula is C15H22N2O4. The maximum absolute atomic E-state index is 11.9. The minimum Gasteiger partial charge on any atom is -0.497 e. The fourth-order valence-corrected chi connectivity index (χ4v) is 2.43. The van der Waals surface area contributed by atoms with E-state index in [0.717, 1.165) is 13.0 Å². The smallest absolute Gasteiger partial charge is 0.224 e. The van der Waals surface area contributed by atoms with Gasteiger partial charge in [0.2, 0.25) is 5.91 Å². The largest absolute Gasteiger partial charge is 0.497 e. The maximum atomic E-state index is 11.9. The molecule has 1 saturated heterocycles. The van der Waals surface area contributed by atoms with Crippen molar-refractivity contribution < 1.29 is 19.4 Å². The highest BCUT2D eigenvalue weighted by Crippen LogP contribution is 2.29. The van der Waals surface area contributed by atoms with Gasteiger partial charge in [-0.15, -0.1) is 0 Å². The lowest BCUT2D eigenvalue weighted by molar-refractivity contribution is -0.124. The molecular weight excluding hydrogens is 272 g/mol. The molecule has 1 aromatic rings. The Kier molecular flexibility index (Phi) is 5.41. The molecule has 1 aliphatic rings. The van der Waals surface area contributed by atoms with Crippen molar-refractivity contribution in [1.29, 1.82) is 0 Å². The molecule has 0 spiro atoms. The SMILES string of the molecule is COc1ccc(OC)c(C(O)CNC(=O)C2CCNC2)c1. The minimum atomic E-state index is -0.839. The lowest BCUT2D eigenvalue weighted by Gasteiger charge is -2.17. The van der Waals surface area contributed by atoms with Crippen LogP contribution in [0.1, 0.15) is 18.1 Å². The van der Waals surface area contributed by atoms with Crippen molar-refractivity contribution >= 4 is 5.91 Å².